The van der Waals surface area contributed by atoms with E-state index in [4.69, 9.17) is 9.47 Å². The van der Waals surface area contributed by atoms with Gasteiger partial charge >= 0.3 is 0 Å². The summed E-state index contributed by atoms with van der Waals surface area (Å²) in [5, 5.41) is 0. The molecule has 5 heteroatoms. The van der Waals surface area contributed by atoms with Gasteiger partial charge in [0.05, 0.1) is 13.2 Å². The van der Waals surface area contributed by atoms with E-state index in [1.54, 1.807) is 18.7 Å². The Morgan fingerprint density at radius 2 is 1.84 bits per heavy atom. The number of halogens is 1. The van der Waals surface area contributed by atoms with E-state index in [1.807, 2.05) is 30.3 Å². The second kappa shape index (κ2) is 7.23. The molecule has 2 aromatic carbocycles. The Morgan fingerprint density at radius 3 is 2.52 bits per heavy atom. The number of amides is 1. The summed E-state index contributed by atoms with van der Waals surface area (Å²) >= 11 is 0. The van der Waals surface area contributed by atoms with Gasteiger partial charge in [0.2, 0.25) is 0 Å². The van der Waals surface area contributed by atoms with Crippen LogP contribution in [0.25, 0.3) is 0 Å². The van der Waals surface area contributed by atoms with E-state index in [9.17, 15) is 9.18 Å². The Kier molecular flexibility index (Phi) is 5.04. The molecule has 1 aliphatic rings. The highest BCUT2D eigenvalue weighted by atomic mass is 19.1. The Bertz CT molecular complexity index is 715. The molecule has 1 amide bonds. The van der Waals surface area contributed by atoms with E-state index >= 15 is 0 Å². The van der Waals surface area contributed by atoms with Crippen molar-refractivity contribution in [2.24, 2.45) is 0 Å². The summed E-state index contributed by atoms with van der Waals surface area (Å²) in [6, 6.07) is 15.5. The molecule has 0 radical (unpaired) electrons. The van der Waals surface area contributed by atoms with Crippen molar-refractivity contribution >= 4 is 5.91 Å². The maximum atomic E-state index is 13.0. The smallest absolute Gasteiger partial charge is 0.266 e. The maximum absolute atomic E-state index is 13.0. The molecule has 25 heavy (non-hydrogen) atoms. The number of benzene rings is 2. The fourth-order valence-electron chi connectivity index (χ4n) is 2.92. The average Bonchev–Trinajstić information content (AvgIpc) is 2.64. The van der Waals surface area contributed by atoms with Crippen molar-refractivity contribution in [1.29, 1.82) is 0 Å². The number of carbonyl (C=O) groups excluding carboxylic acids is 1. The lowest BCUT2D eigenvalue weighted by Crippen LogP contribution is -2.53. The van der Waals surface area contributed by atoms with Gasteiger partial charge in [-0.3, -0.25) is 4.79 Å². The number of nitrogens with zero attached hydrogens (tertiary/aromatic N) is 1. The van der Waals surface area contributed by atoms with Crippen molar-refractivity contribution in [2.75, 3.05) is 19.7 Å². The molecule has 0 N–H and O–H groups in total. The van der Waals surface area contributed by atoms with Crippen LogP contribution in [-0.4, -0.2) is 36.1 Å². The van der Waals surface area contributed by atoms with Gasteiger partial charge in [0.15, 0.2) is 5.60 Å². The SMILES string of the molecule is CC(C)(Oc1ccc(F)cc1)C(=O)N1CCOC(c2ccccc2)C1. The van der Waals surface area contributed by atoms with Crippen LogP contribution < -0.4 is 4.74 Å². The molecule has 0 spiro atoms. The van der Waals surface area contributed by atoms with Crippen LogP contribution in [0.5, 0.6) is 5.75 Å². The maximum Gasteiger partial charge on any atom is 0.266 e. The van der Waals surface area contributed by atoms with Gasteiger partial charge in [0.1, 0.15) is 17.7 Å². The summed E-state index contributed by atoms with van der Waals surface area (Å²) in [5.74, 6) is 0.0176. The van der Waals surface area contributed by atoms with Crippen LogP contribution in [0.15, 0.2) is 54.6 Å². The Morgan fingerprint density at radius 1 is 1.16 bits per heavy atom. The third kappa shape index (κ3) is 4.17. The minimum absolute atomic E-state index is 0.110. The molecule has 132 valence electrons. The molecule has 1 atom stereocenters. The summed E-state index contributed by atoms with van der Waals surface area (Å²) in [6.45, 7) is 4.95. The van der Waals surface area contributed by atoms with E-state index in [0.717, 1.165) is 5.56 Å². The molecule has 1 fully saturated rings. The van der Waals surface area contributed by atoms with Crippen LogP contribution in [0.3, 0.4) is 0 Å². The first kappa shape index (κ1) is 17.4. The first-order valence-corrected chi connectivity index (χ1v) is 8.36. The van der Waals surface area contributed by atoms with Crippen molar-refractivity contribution in [1.82, 2.24) is 4.90 Å². The number of morpholine rings is 1. The molecule has 0 bridgehead atoms. The van der Waals surface area contributed by atoms with E-state index in [2.05, 4.69) is 0 Å². The first-order valence-electron chi connectivity index (χ1n) is 8.36. The molecular weight excluding hydrogens is 321 g/mol. The van der Waals surface area contributed by atoms with Crippen LogP contribution in [-0.2, 0) is 9.53 Å². The zero-order valence-corrected chi connectivity index (χ0v) is 14.4. The zero-order chi connectivity index (χ0) is 17.9. The van der Waals surface area contributed by atoms with Crippen molar-refractivity contribution in [3.63, 3.8) is 0 Å². The van der Waals surface area contributed by atoms with Crippen LogP contribution in [0.4, 0.5) is 4.39 Å². The van der Waals surface area contributed by atoms with Gasteiger partial charge in [0, 0.05) is 6.54 Å². The van der Waals surface area contributed by atoms with Gasteiger partial charge in [-0.2, -0.15) is 0 Å². The molecule has 0 aliphatic carbocycles. The minimum atomic E-state index is -1.05. The lowest BCUT2D eigenvalue weighted by atomic mass is 10.0. The van der Waals surface area contributed by atoms with Crippen molar-refractivity contribution in [2.45, 2.75) is 25.6 Å². The lowest BCUT2D eigenvalue weighted by molar-refractivity contribution is -0.153. The highest BCUT2D eigenvalue weighted by Crippen LogP contribution is 2.26. The van der Waals surface area contributed by atoms with E-state index in [1.165, 1.54) is 24.3 Å². The molecule has 4 nitrogen and oxygen atoms in total. The van der Waals surface area contributed by atoms with Gasteiger partial charge in [-0.25, -0.2) is 4.39 Å². The largest absolute Gasteiger partial charge is 0.478 e. The molecule has 2 aromatic rings. The summed E-state index contributed by atoms with van der Waals surface area (Å²) in [4.78, 5) is 14.7. The van der Waals surface area contributed by atoms with Crippen molar-refractivity contribution in [3.05, 3.63) is 66.0 Å². The summed E-state index contributed by atoms with van der Waals surface area (Å²) in [6.07, 6.45) is -0.138. The van der Waals surface area contributed by atoms with Crippen LogP contribution in [0, 0.1) is 5.82 Å². The zero-order valence-electron chi connectivity index (χ0n) is 14.4. The Hall–Kier alpha value is -2.40. The third-order valence-electron chi connectivity index (χ3n) is 4.23. The highest BCUT2D eigenvalue weighted by Gasteiger charge is 2.37. The number of ether oxygens (including phenoxy) is 2. The normalized spacial score (nSPS) is 18.0. The molecule has 1 unspecified atom stereocenters. The fraction of sp³-hybridized carbons (Fsp3) is 0.350. The number of hydrogen-bond acceptors (Lipinski definition) is 3. The first-order chi connectivity index (χ1) is 12.0. The van der Waals surface area contributed by atoms with E-state index in [-0.39, 0.29) is 17.8 Å². The number of hydrogen-bond donors (Lipinski definition) is 0. The van der Waals surface area contributed by atoms with Crippen LogP contribution >= 0.6 is 0 Å². The number of rotatable bonds is 4. The van der Waals surface area contributed by atoms with Crippen molar-refractivity contribution < 1.29 is 18.7 Å². The molecule has 0 aromatic heterocycles. The van der Waals surface area contributed by atoms with Crippen LogP contribution in [0.1, 0.15) is 25.5 Å². The van der Waals surface area contributed by atoms with E-state index < -0.39 is 5.60 Å². The molecule has 1 heterocycles. The highest BCUT2D eigenvalue weighted by molar-refractivity contribution is 5.85. The summed E-state index contributed by atoms with van der Waals surface area (Å²) in [7, 11) is 0. The number of carbonyl (C=O) groups is 1. The quantitative estimate of drug-likeness (QED) is 0.852. The van der Waals surface area contributed by atoms with Gasteiger partial charge in [0.25, 0.3) is 5.91 Å². The molecular formula is C20H22FNO3. The minimum Gasteiger partial charge on any atom is -0.478 e. The monoisotopic (exact) mass is 343 g/mol. The lowest BCUT2D eigenvalue weighted by Gasteiger charge is -2.37. The molecule has 1 aliphatic heterocycles. The topological polar surface area (TPSA) is 38.8 Å². The Balaban J connectivity index is 1.69. The van der Waals surface area contributed by atoms with Crippen molar-refractivity contribution in [3.8, 4) is 5.75 Å². The summed E-state index contributed by atoms with van der Waals surface area (Å²) < 4.78 is 24.7. The predicted octanol–water partition coefficient (Wildman–Crippen LogP) is 3.58. The predicted molar refractivity (Wildman–Crippen MR) is 92.8 cm³/mol. The molecule has 1 saturated heterocycles. The average molecular weight is 343 g/mol. The fourth-order valence-corrected chi connectivity index (χ4v) is 2.92. The van der Waals surface area contributed by atoms with Gasteiger partial charge in [-0.15, -0.1) is 0 Å². The standard InChI is InChI=1S/C20H22FNO3/c1-20(2,25-17-10-8-16(21)9-11-17)19(23)22-12-13-24-18(14-22)15-6-4-3-5-7-15/h3-11,18H,12-14H2,1-2H3. The van der Waals surface area contributed by atoms with Crippen LogP contribution in [0.2, 0.25) is 0 Å². The van der Waals surface area contributed by atoms with Gasteiger partial charge in [-0.05, 0) is 43.7 Å². The second-order valence-electron chi connectivity index (χ2n) is 6.59. The second-order valence-corrected chi connectivity index (χ2v) is 6.59. The third-order valence-corrected chi connectivity index (χ3v) is 4.23. The molecule has 3 rings (SSSR count). The Labute approximate surface area is 147 Å². The van der Waals surface area contributed by atoms with E-state index in [0.29, 0.717) is 25.4 Å². The summed E-state index contributed by atoms with van der Waals surface area (Å²) in [5.41, 5.74) is 0.00779. The molecule has 0 saturated carbocycles. The van der Waals surface area contributed by atoms with Gasteiger partial charge in [-0.1, -0.05) is 30.3 Å². The van der Waals surface area contributed by atoms with Gasteiger partial charge < -0.3 is 14.4 Å².